The molecular weight excluding hydrogens is 258 g/mol. The van der Waals surface area contributed by atoms with E-state index in [1.54, 1.807) is 19.1 Å². The maximum absolute atomic E-state index is 12.0. The Morgan fingerprint density at radius 2 is 1.95 bits per heavy atom. The van der Waals surface area contributed by atoms with Gasteiger partial charge in [-0.2, -0.15) is 0 Å². The molecule has 2 rings (SSSR count). The van der Waals surface area contributed by atoms with Crippen molar-refractivity contribution in [1.29, 1.82) is 0 Å². The first kappa shape index (κ1) is 13.5. The highest BCUT2D eigenvalue weighted by atomic mass is 16.3. The molecule has 6 nitrogen and oxygen atoms in total. The normalized spacial score (nSPS) is 10.1. The Hall–Kier alpha value is -2.89. The molecule has 1 aromatic carbocycles. The van der Waals surface area contributed by atoms with Gasteiger partial charge in [-0.3, -0.25) is 14.6 Å². The fourth-order valence-electron chi connectivity index (χ4n) is 1.70. The standard InChI is InChI=1S/C14H13N3O3/c1-8-4-9(13(15)19)2-3-12(8)17-14(20)10-5-11(18)7-16-6-10/h2-7,18H,1H3,(H2,15,19)(H,17,20). The van der Waals surface area contributed by atoms with E-state index in [0.717, 1.165) is 0 Å². The molecule has 0 spiro atoms. The maximum Gasteiger partial charge on any atom is 0.257 e. The van der Waals surface area contributed by atoms with Crippen molar-refractivity contribution in [2.75, 3.05) is 5.32 Å². The molecule has 2 aromatic rings. The summed E-state index contributed by atoms with van der Waals surface area (Å²) in [5.74, 6) is -1.01. The van der Waals surface area contributed by atoms with Crippen LogP contribution in [0.4, 0.5) is 5.69 Å². The molecule has 0 saturated heterocycles. The topological polar surface area (TPSA) is 105 Å². The third-order valence-corrected chi connectivity index (χ3v) is 2.75. The highest BCUT2D eigenvalue weighted by Crippen LogP contribution is 2.18. The number of anilines is 1. The van der Waals surface area contributed by atoms with Crippen LogP contribution in [0.15, 0.2) is 36.7 Å². The second-order valence-electron chi connectivity index (χ2n) is 4.28. The first-order valence-corrected chi connectivity index (χ1v) is 5.83. The van der Waals surface area contributed by atoms with Crippen LogP contribution in [-0.2, 0) is 0 Å². The van der Waals surface area contributed by atoms with Gasteiger partial charge in [0.15, 0.2) is 0 Å². The summed E-state index contributed by atoms with van der Waals surface area (Å²) in [5.41, 5.74) is 7.06. The summed E-state index contributed by atoms with van der Waals surface area (Å²) in [6.45, 7) is 1.75. The lowest BCUT2D eigenvalue weighted by Crippen LogP contribution is -2.14. The average Bonchev–Trinajstić information content (AvgIpc) is 2.40. The van der Waals surface area contributed by atoms with E-state index in [9.17, 15) is 14.7 Å². The minimum atomic E-state index is -0.525. The maximum atomic E-state index is 12.0. The lowest BCUT2D eigenvalue weighted by Gasteiger charge is -2.09. The summed E-state index contributed by atoms with van der Waals surface area (Å²) in [7, 11) is 0. The van der Waals surface area contributed by atoms with Gasteiger partial charge in [0.05, 0.1) is 11.8 Å². The molecule has 1 aromatic heterocycles. The molecule has 0 bridgehead atoms. The van der Waals surface area contributed by atoms with Gasteiger partial charge in [0.2, 0.25) is 5.91 Å². The zero-order chi connectivity index (χ0) is 14.7. The largest absolute Gasteiger partial charge is 0.506 e. The number of hydrogen-bond donors (Lipinski definition) is 3. The van der Waals surface area contributed by atoms with E-state index in [1.807, 2.05) is 0 Å². The second kappa shape index (κ2) is 5.40. The molecule has 1 heterocycles. The number of carbonyl (C=O) groups excluding carboxylic acids is 2. The summed E-state index contributed by atoms with van der Waals surface area (Å²) < 4.78 is 0. The van der Waals surface area contributed by atoms with E-state index in [2.05, 4.69) is 10.3 Å². The van der Waals surface area contributed by atoms with E-state index >= 15 is 0 Å². The van der Waals surface area contributed by atoms with Gasteiger partial charge in [-0.15, -0.1) is 0 Å². The van der Waals surface area contributed by atoms with Crippen LogP contribution in [0.25, 0.3) is 0 Å². The number of hydrogen-bond acceptors (Lipinski definition) is 4. The summed E-state index contributed by atoms with van der Waals surface area (Å²) in [5, 5.41) is 12.0. The van der Waals surface area contributed by atoms with Gasteiger partial charge >= 0.3 is 0 Å². The molecule has 0 aliphatic rings. The van der Waals surface area contributed by atoms with Crippen LogP contribution in [0.2, 0.25) is 0 Å². The van der Waals surface area contributed by atoms with E-state index in [1.165, 1.54) is 24.5 Å². The molecule has 0 atom stereocenters. The number of amides is 2. The number of nitrogens with zero attached hydrogens (tertiary/aromatic N) is 1. The van der Waals surface area contributed by atoms with Crippen molar-refractivity contribution in [3.05, 3.63) is 53.3 Å². The highest BCUT2D eigenvalue weighted by molar-refractivity contribution is 6.05. The number of rotatable bonds is 3. The fraction of sp³-hybridized carbons (Fsp3) is 0.0714. The minimum Gasteiger partial charge on any atom is -0.506 e. The predicted octanol–water partition coefficient (Wildman–Crippen LogP) is 1.45. The smallest absolute Gasteiger partial charge is 0.257 e. The lowest BCUT2D eigenvalue weighted by atomic mass is 10.1. The molecule has 0 unspecified atom stereocenters. The van der Waals surface area contributed by atoms with Crippen molar-refractivity contribution < 1.29 is 14.7 Å². The summed E-state index contributed by atoms with van der Waals surface area (Å²) in [4.78, 5) is 26.8. The van der Waals surface area contributed by atoms with Crippen LogP contribution in [-0.4, -0.2) is 21.9 Å². The molecule has 20 heavy (non-hydrogen) atoms. The number of nitrogens with two attached hydrogens (primary N) is 1. The molecule has 4 N–H and O–H groups in total. The number of nitrogens with one attached hydrogen (secondary N) is 1. The number of primary amides is 1. The van der Waals surface area contributed by atoms with E-state index in [4.69, 9.17) is 5.73 Å². The van der Waals surface area contributed by atoms with Crippen molar-refractivity contribution >= 4 is 17.5 Å². The Labute approximate surface area is 115 Å². The molecule has 0 saturated carbocycles. The molecular formula is C14H13N3O3. The SMILES string of the molecule is Cc1cc(C(N)=O)ccc1NC(=O)c1cncc(O)c1. The van der Waals surface area contributed by atoms with Crippen molar-refractivity contribution in [1.82, 2.24) is 4.98 Å². The number of aromatic hydroxyl groups is 1. The van der Waals surface area contributed by atoms with Gasteiger partial charge in [-0.05, 0) is 36.8 Å². The summed E-state index contributed by atoms with van der Waals surface area (Å²) in [6, 6.07) is 6.04. The fourth-order valence-corrected chi connectivity index (χ4v) is 1.70. The van der Waals surface area contributed by atoms with Gasteiger partial charge < -0.3 is 16.2 Å². The molecule has 2 amide bonds. The third-order valence-electron chi connectivity index (χ3n) is 2.75. The second-order valence-corrected chi connectivity index (χ2v) is 4.28. The lowest BCUT2D eigenvalue weighted by molar-refractivity contribution is 0.0998. The number of benzene rings is 1. The number of aryl methyl sites for hydroxylation is 1. The van der Waals surface area contributed by atoms with Crippen molar-refractivity contribution in [3.8, 4) is 5.75 Å². The van der Waals surface area contributed by atoms with Crippen LogP contribution in [0.1, 0.15) is 26.3 Å². The number of pyridine rings is 1. The predicted molar refractivity (Wildman–Crippen MR) is 73.6 cm³/mol. The Bertz CT molecular complexity index is 683. The molecule has 0 fully saturated rings. The van der Waals surface area contributed by atoms with E-state index < -0.39 is 11.8 Å². The Morgan fingerprint density at radius 3 is 2.55 bits per heavy atom. The summed E-state index contributed by atoms with van der Waals surface area (Å²) in [6.07, 6.45) is 2.59. The van der Waals surface area contributed by atoms with Gasteiger partial charge in [0.1, 0.15) is 5.75 Å². The molecule has 0 radical (unpaired) electrons. The Morgan fingerprint density at radius 1 is 1.20 bits per heavy atom. The van der Waals surface area contributed by atoms with Crippen molar-refractivity contribution in [3.63, 3.8) is 0 Å². The Balaban J connectivity index is 2.22. The van der Waals surface area contributed by atoms with Crippen LogP contribution >= 0.6 is 0 Å². The van der Waals surface area contributed by atoms with E-state index in [-0.39, 0.29) is 11.3 Å². The molecule has 102 valence electrons. The number of carbonyl (C=O) groups is 2. The van der Waals surface area contributed by atoms with Crippen LogP contribution in [0.5, 0.6) is 5.75 Å². The van der Waals surface area contributed by atoms with Gasteiger partial charge in [0.25, 0.3) is 5.91 Å². The zero-order valence-electron chi connectivity index (χ0n) is 10.8. The Kier molecular flexibility index (Phi) is 3.65. The van der Waals surface area contributed by atoms with Crippen LogP contribution in [0, 0.1) is 6.92 Å². The van der Waals surface area contributed by atoms with Crippen LogP contribution < -0.4 is 11.1 Å². The van der Waals surface area contributed by atoms with Gasteiger partial charge in [-0.1, -0.05) is 0 Å². The van der Waals surface area contributed by atoms with Crippen molar-refractivity contribution in [2.45, 2.75) is 6.92 Å². The first-order chi connectivity index (χ1) is 9.47. The first-order valence-electron chi connectivity index (χ1n) is 5.83. The van der Waals surface area contributed by atoms with Gasteiger partial charge in [0, 0.05) is 17.4 Å². The van der Waals surface area contributed by atoms with E-state index in [0.29, 0.717) is 16.8 Å². The zero-order valence-corrected chi connectivity index (χ0v) is 10.8. The summed E-state index contributed by atoms with van der Waals surface area (Å²) >= 11 is 0. The quantitative estimate of drug-likeness (QED) is 0.785. The molecule has 0 aliphatic heterocycles. The monoisotopic (exact) mass is 271 g/mol. The third kappa shape index (κ3) is 2.92. The van der Waals surface area contributed by atoms with Gasteiger partial charge in [-0.25, -0.2) is 0 Å². The number of aromatic nitrogens is 1. The minimum absolute atomic E-state index is 0.0848. The van der Waals surface area contributed by atoms with Crippen molar-refractivity contribution in [2.24, 2.45) is 5.73 Å². The molecule has 6 heteroatoms. The molecule has 0 aliphatic carbocycles. The highest BCUT2D eigenvalue weighted by Gasteiger charge is 2.10. The average molecular weight is 271 g/mol. The van der Waals surface area contributed by atoms with Crippen LogP contribution in [0.3, 0.4) is 0 Å².